The highest BCUT2D eigenvalue weighted by atomic mass is 16.5. The van der Waals surface area contributed by atoms with Gasteiger partial charge in [-0.3, -0.25) is 19.6 Å². The van der Waals surface area contributed by atoms with Crippen molar-refractivity contribution in [3.8, 4) is 0 Å². The van der Waals surface area contributed by atoms with Gasteiger partial charge >= 0.3 is 0 Å². The molecule has 1 saturated carbocycles. The molecule has 7 nitrogen and oxygen atoms in total. The number of benzene rings is 1. The molecule has 1 unspecified atom stereocenters. The monoisotopic (exact) mass is 361 g/mol. The summed E-state index contributed by atoms with van der Waals surface area (Å²) >= 11 is 0. The van der Waals surface area contributed by atoms with Crippen molar-refractivity contribution in [2.45, 2.75) is 51.6 Å². The second-order valence-electron chi connectivity index (χ2n) is 7.26. The van der Waals surface area contributed by atoms with Gasteiger partial charge in [0, 0.05) is 25.2 Å². The maximum atomic E-state index is 12.7. The highest BCUT2D eigenvalue weighted by Gasteiger charge is 2.53. The first-order chi connectivity index (χ1) is 12.3. The predicted molar refractivity (Wildman–Crippen MR) is 96.2 cm³/mol. The summed E-state index contributed by atoms with van der Waals surface area (Å²) in [6.07, 6.45) is 0.459. The number of hydrogen-bond acceptors (Lipinski definition) is 4. The van der Waals surface area contributed by atoms with Gasteiger partial charge in [-0.25, -0.2) is 5.48 Å². The fourth-order valence-electron chi connectivity index (χ4n) is 3.40. The van der Waals surface area contributed by atoms with Crippen LogP contribution in [0.25, 0.3) is 0 Å². The van der Waals surface area contributed by atoms with E-state index in [1.807, 2.05) is 44.2 Å². The number of hydroxylamine groups is 1. The lowest BCUT2D eigenvalue weighted by molar-refractivity contribution is -0.135. The van der Waals surface area contributed by atoms with Crippen molar-refractivity contribution >= 4 is 17.7 Å². The summed E-state index contributed by atoms with van der Waals surface area (Å²) in [6, 6.07) is 9.33. The Hall–Kier alpha value is -2.41. The van der Waals surface area contributed by atoms with Crippen LogP contribution in [0.15, 0.2) is 30.3 Å². The fraction of sp³-hybridized carbons (Fsp3) is 0.526. The minimum Gasteiger partial charge on any atom is -0.351 e. The Morgan fingerprint density at radius 3 is 2.23 bits per heavy atom. The van der Waals surface area contributed by atoms with Crippen molar-refractivity contribution in [2.75, 3.05) is 0 Å². The van der Waals surface area contributed by atoms with Crippen LogP contribution in [0.4, 0.5) is 0 Å². The lowest BCUT2D eigenvalue weighted by Crippen LogP contribution is -2.39. The molecule has 0 spiro atoms. The molecule has 0 bridgehead atoms. The van der Waals surface area contributed by atoms with E-state index in [0.29, 0.717) is 6.42 Å². The molecule has 4 atom stereocenters. The third-order valence-electron chi connectivity index (χ3n) is 4.57. The number of amides is 3. The van der Waals surface area contributed by atoms with Crippen LogP contribution in [-0.4, -0.2) is 35.0 Å². The molecule has 0 aliphatic heterocycles. The van der Waals surface area contributed by atoms with Gasteiger partial charge in [0.15, 0.2) is 0 Å². The maximum absolute atomic E-state index is 12.7. The van der Waals surface area contributed by atoms with Crippen molar-refractivity contribution in [3.05, 3.63) is 35.9 Å². The average Bonchev–Trinajstić information content (AvgIpc) is 3.25. The SMILES string of the molecule is CC(=O)N[C@@H]1[C@@H](NC(=O)C(CC(=O)NO)CC(C)C)[C@@H]1c1ccccc1. The summed E-state index contributed by atoms with van der Waals surface area (Å²) in [7, 11) is 0. The van der Waals surface area contributed by atoms with Gasteiger partial charge in [-0.1, -0.05) is 44.2 Å². The van der Waals surface area contributed by atoms with E-state index in [-0.39, 0.29) is 42.2 Å². The van der Waals surface area contributed by atoms with Crippen LogP contribution >= 0.6 is 0 Å². The highest BCUT2D eigenvalue weighted by molar-refractivity contribution is 5.86. The molecule has 4 N–H and O–H groups in total. The quantitative estimate of drug-likeness (QED) is 0.414. The predicted octanol–water partition coefficient (Wildman–Crippen LogP) is 1.33. The van der Waals surface area contributed by atoms with Crippen molar-refractivity contribution < 1.29 is 19.6 Å². The summed E-state index contributed by atoms with van der Waals surface area (Å²) in [5.41, 5.74) is 2.63. The third kappa shape index (κ3) is 5.29. The number of hydrogen-bond donors (Lipinski definition) is 4. The van der Waals surface area contributed by atoms with Gasteiger partial charge in [-0.2, -0.15) is 0 Å². The van der Waals surface area contributed by atoms with Crippen molar-refractivity contribution in [1.82, 2.24) is 16.1 Å². The molecular formula is C19H27N3O4. The van der Waals surface area contributed by atoms with Crippen LogP contribution in [0.2, 0.25) is 0 Å². The van der Waals surface area contributed by atoms with Crippen molar-refractivity contribution in [1.29, 1.82) is 0 Å². The van der Waals surface area contributed by atoms with Gasteiger partial charge in [0.25, 0.3) is 0 Å². The lowest BCUT2D eigenvalue weighted by atomic mass is 9.93. The Balaban J connectivity index is 2.08. The second-order valence-corrected chi connectivity index (χ2v) is 7.26. The highest BCUT2D eigenvalue weighted by Crippen LogP contribution is 2.41. The van der Waals surface area contributed by atoms with E-state index in [0.717, 1.165) is 5.56 Å². The van der Waals surface area contributed by atoms with Gasteiger partial charge in [-0.05, 0) is 17.9 Å². The van der Waals surface area contributed by atoms with E-state index in [9.17, 15) is 14.4 Å². The van der Waals surface area contributed by atoms with Crippen LogP contribution in [0.5, 0.6) is 0 Å². The van der Waals surface area contributed by atoms with Crippen LogP contribution in [-0.2, 0) is 14.4 Å². The summed E-state index contributed by atoms with van der Waals surface area (Å²) in [5, 5.41) is 14.6. The van der Waals surface area contributed by atoms with Crippen LogP contribution < -0.4 is 16.1 Å². The smallest absolute Gasteiger partial charge is 0.244 e. The van der Waals surface area contributed by atoms with E-state index in [1.165, 1.54) is 6.92 Å². The van der Waals surface area contributed by atoms with Crippen molar-refractivity contribution in [3.63, 3.8) is 0 Å². The van der Waals surface area contributed by atoms with E-state index in [2.05, 4.69) is 10.6 Å². The third-order valence-corrected chi connectivity index (χ3v) is 4.57. The van der Waals surface area contributed by atoms with Gasteiger partial charge in [-0.15, -0.1) is 0 Å². The number of carbonyl (C=O) groups excluding carboxylic acids is 3. The van der Waals surface area contributed by atoms with E-state index < -0.39 is 11.8 Å². The molecule has 1 aromatic carbocycles. The Kier molecular flexibility index (Phi) is 6.74. The lowest BCUT2D eigenvalue weighted by Gasteiger charge is -2.18. The number of rotatable bonds is 8. The minimum absolute atomic E-state index is 0.00965. The maximum Gasteiger partial charge on any atom is 0.244 e. The van der Waals surface area contributed by atoms with E-state index in [1.54, 1.807) is 5.48 Å². The summed E-state index contributed by atoms with van der Waals surface area (Å²) in [4.78, 5) is 35.7. The Morgan fingerprint density at radius 2 is 1.69 bits per heavy atom. The molecule has 0 radical (unpaired) electrons. The molecule has 1 aromatic rings. The van der Waals surface area contributed by atoms with Crippen molar-refractivity contribution in [2.24, 2.45) is 11.8 Å². The number of carbonyl (C=O) groups is 3. The first-order valence-electron chi connectivity index (χ1n) is 8.88. The Morgan fingerprint density at radius 1 is 1.08 bits per heavy atom. The van der Waals surface area contributed by atoms with Gasteiger partial charge in [0.05, 0.1) is 12.1 Å². The molecule has 1 aliphatic rings. The summed E-state index contributed by atoms with van der Waals surface area (Å²) < 4.78 is 0. The largest absolute Gasteiger partial charge is 0.351 e. The van der Waals surface area contributed by atoms with Crippen LogP contribution in [0.3, 0.4) is 0 Å². The van der Waals surface area contributed by atoms with Gasteiger partial charge < -0.3 is 10.6 Å². The fourth-order valence-corrected chi connectivity index (χ4v) is 3.40. The van der Waals surface area contributed by atoms with E-state index in [4.69, 9.17) is 5.21 Å². The molecule has 0 saturated heterocycles. The molecular weight excluding hydrogens is 334 g/mol. The molecule has 142 valence electrons. The zero-order valence-electron chi connectivity index (χ0n) is 15.4. The normalized spacial score (nSPS) is 22.4. The van der Waals surface area contributed by atoms with Gasteiger partial charge in [0.2, 0.25) is 17.7 Å². The second kappa shape index (κ2) is 8.80. The molecule has 7 heteroatoms. The molecule has 3 amide bonds. The molecule has 26 heavy (non-hydrogen) atoms. The molecule has 1 fully saturated rings. The first-order valence-corrected chi connectivity index (χ1v) is 8.88. The zero-order chi connectivity index (χ0) is 19.3. The number of nitrogens with one attached hydrogen (secondary N) is 3. The molecule has 0 heterocycles. The van der Waals surface area contributed by atoms with Crippen LogP contribution in [0.1, 0.15) is 45.1 Å². The zero-order valence-corrected chi connectivity index (χ0v) is 15.4. The van der Waals surface area contributed by atoms with E-state index >= 15 is 0 Å². The average molecular weight is 361 g/mol. The Labute approximate surface area is 153 Å². The van der Waals surface area contributed by atoms with Crippen LogP contribution in [0, 0.1) is 11.8 Å². The molecule has 2 rings (SSSR count). The van der Waals surface area contributed by atoms with Gasteiger partial charge in [0.1, 0.15) is 0 Å². The molecule has 1 aliphatic carbocycles. The Bertz CT molecular complexity index is 647. The summed E-state index contributed by atoms with van der Waals surface area (Å²) in [5.74, 6) is -1.26. The summed E-state index contributed by atoms with van der Waals surface area (Å²) in [6.45, 7) is 5.40. The standard InChI is InChI=1S/C19H27N3O4/c1-11(2)9-14(10-15(24)22-26)19(25)21-18-16(17(18)20-12(3)23)13-7-5-4-6-8-13/h4-8,11,14,16-18,26H,9-10H2,1-3H3,(H,20,23)(H,21,25)(H,22,24)/t14?,16-,17+,18+/m1/s1. The first kappa shape index (κ1) is 19.9. The minimum atomic E-state index is -0.584. The molecule has 0 aromatic heterocycles. The topological polar surface area (TPSA) is 108 Å².